The van der Waals surface area contributed by atoms with Gasteiger partial charge in [0.2, 0.25) is 0 Å². The Morgan fingerprint density at radius 3 is 2.59 bits per heavy atom. The summed E-state index contributed by atoms with van der Waals surface area (Å²) in [7, 11) is 1.65. The minimum absolute atomic E-state index is 0.329. The van der Waals surface area contributed by atoms with E-state index in [4.69, 9.17) is 9.47 Å². The molecular formula is C23H24N2O2. The molecule has 0 saturated carbocycles. The zero-order valence-corrected chi connectivity index (χ0v) is 16.2. The van der Waals surface area contributed by atoms with Crippen LogP contribution in [0.15, 0.2) is 59.1 Å². The van der Waals surface area contributed by atoms with E-state index in [0.717, 1.165) is 33.9 Å². The van der Waals surface area contributed by atoms with E-state index >= 15 is 0 Å². The first-order chi connectivity index (χ1) is 13.0. The van der Waals surface area contributed by atoms with E-state index in [1.807, 2.05) is 62.4 Å². The molecule has 0 saturated heterocycles. The van der Waals surface area contributed by atoms with Crippen LogP contribution >= 0.6 is 0 Å². The van der Waals surface area contributed by atoms with Gasteiger partial charge in [0, 0.05) is 11.8 Å². The molecule has 1 atom stereocenters. The summed E-state index contributed by atoms with van der Waals surface area (Å²) in [6.07, 6.45) is 2.30. The predicted molar refractivity (Wildman–Crippen MR) is 109 cm³/mol. The molecule has 0 aromatic heterocycles. The van der Waals surface area contributed by atoms with Gasteiger partial charge in [-0.2, -0.15) is 5.26 Å². The smallest absolute Gasteiger partial charge is 0.169 e. The minimum atomic E-state index is -0.526. The molecule has 0 amide bonds. The van der Waals surface area contributed by atoms with Gasteiger partial charge in [0.05, 0.1) is 24.8 Å². The largest absolute Gasteiger partial charge is 0.493 e. The predicted octanol–water partition coefficient (Wildman–Crippen LogP) is 5.57. The lowest BCUT2D eigenvalue weighted by Gasteiger charge is -2.37. The first kappa shape index (κ1) is 18.7. The summed E-state index contributed by atoms with van der Waals surface area (Å²) >= 11 is 0. The molecule has 4 heteroatoms. The van der Waals surface area contributed by atoms with Gasteiger partial charge in [-0.25, -0.2) is 0 Å². The number of allylic oxidation sites excluding steroid dienone is 1. The van der Waals surface area contributed by atoms with Crippen molar-refractivity contribution >= 4 is 17.5 Å². The van der Waals surface area contributed by atoms with Crippen molar-refractivity contribution in [2.45, 2.75) is 32.8 Å². The Labute approximate surface area is 160 Å². The third-order valence-electron chi connectivity index (χ3n) is 4.89. The molecule has 2 aromatic rings. The van der Waals surface area contributed by atoms with Crippen LogP contribution in [0.25, 0.3) is 5.57 Å². The molecule has 0 N–H and O–H groups in total. The van der Waals surface area contributed by atoms with Crippen molar-refractivity contribution in [3.63, 3.8) is 0 Å². The number of nitriles is 1. The van der Waals surface area contributed by atoms with Crippen molar-refractivity contribution in [3.8, 4) is 17.6 Å². The fourth-order valence-corrected chi connectivity index (χ4v) is 3.45. The van der Waals surface area contributed by atoms with Crippen molar-refractivity contribution in [2.75, 3.05) is 7.11 Å². The molecule has 3 rings (SSSR count). The molecule has 0 fully saturated rings. The second-order valence-corrected chi connectivity index (χ2v) is 7.11. The van der Waals surface area contributed by atoms with E-state index in [0.29, 0.717) is 6.42 Å². The number of rotatable bonds is 5. The molecule has 2 aromatic carbocycles. The molecule has 0 radical (unpaired) electrons. The van der Waals surface area contributed by atoms with Gasteiger partial charge in [-0.05, 0) is 56.5 Å². The van der Waals surface area contributed by atoms with Gasteiger partial charge in [0.15, 0.2) is 11.5 Å². The summed E-state index contributed by atoms with van der Waals surface area (Å²) in [6.45, 7) is 6.15. The maximum atomic E-state index is 9.64. The van der Waals surface area contributed by atoms with Crippen LogP contribution in [-0.4, -0.2) is 18.9 Å². The lowest BCUT2D eigenvalue weighted by atomic mass is 9.82. The summed E-state index contributed by atoms with van der Waals surface area (Å²) in [4.78, 5) is 4.46. The maximum Gasteiger partial charge on any atom is 0.169 e. The Balaban J connectivity index is 1.93. The highest BCUT2D eigenvalue weighted by Crippen LogP contribution is 2.46. The summed E-state index contributed by atoms with van der Waals surface area (Å²) < 4.78 is 11.8. The zero-order valence-electron chi connectivity index (χ0n) is 16.2. The van der Waals surface area contributed by atoms with Crippen LogP contribution in [0, 0.1) is 17.2 Å². The van der Waals surface area contributed by atoms with E-state index in [9.17, 15) is 5.26 Å². The number of nitrogens with zero attached hydrogens (tertiary/aromatic N) is 2. The molecular weight excluding hydrogens is 336 g/mol. The van der Waals surface area contributed by atoms with Gasteiger partial charge in [0.1, 0.15) is 5.60 Å². The Kier molecular flexibility index (Phi) is 5.32. The van der Waals surface area contributed by atoms with E-state index in [2.05, 4.69) is 18.0 Å². The Hall–Kier alpha value is -3.06. The van der Waals surface area contributed by atoms with Gasteiger partial charge >= 0.3 is 0 Å². The van der Waals surface area contributed by atoms with Crippen molar-refractivity contribution in [1.29, 1.82) is 5.26 Å². The normalized spacial score (nSPS) is 16.4. The molecule has 27 heavy (non-hydrogen) atoms. The quantitative estimate of drug-likeness (QED) is 0.655. The van der Waals surface area contributed by atoms with Crippen LogP contribution in [0.2, 0.25) is 0 Å². The van der Waals surface area contributed by atoms with E-state index < -0.39 is 5.60 Å². The highest BCUT2D eigenvalue weighted by Gasteiger charge is 2.35. The second kappa shape index (κ2) is 7.67. The summed E-state index contributed by atoms with van der Waals surface area (Å²) in [5, 5.41) is 9.64. The van der Waals surface area contributed by atoms with Crippen molar-refractivity contribution in [3.05, 3.63) is 59.7 Å². The summed E-state index contributed by atoms with van der Waals surface area (Å²) in [6, 6.07) is 17.9. The Morgan fingerprint density at radius 2 is 1.93 bits per heavy atom. The molecule has 0 spiro atoms. The monoisotopic (exact) mass is 360 g/mol. The van der Waals surface area contributed by atoms with Crippen LogP contribution in [0.4, 0.5) is 5.69 Å². The van der Waals surface area contributed by atoms with Gasteiger partial charge in [-0.1, -0.05) is 30.3 Å². The average molecular weight is 360 g/mol. The molecule has 1 aliphatic rings. The van der Waals surface area contributed by atoms with Crippen molar-refractivity contribution in [1.82, 2.24) is 0 Å². The molecule has 0 bridgehead atoms. The average Bonchev–Trinajstić information content (AvgIpc) is 2.67. The van der Waals surface area contributed by atoms with Crippen LogP contribution in [0.5, 0.6) is 11.5 Å². The first-order valence-corrected chi connectivity index (χ1v) is 9.01. The Bertz CT molecular complexity index is 921. The molecule has 1 unspecified atom stereocenters. The van der Waals surface area contributed by atoms with Crippen molar-refractivity contribution < 1.29 is 9.47 Å². The number of hydrogen-bond donors (Lipinski definition) is 0. The van der Waals surface area contributed by atoms with E-state index in [-0.39, 0.29) is 5.92 Å². The van der Waals surface area contributed by atoms with Gasteiger partial charge in [-0.15, -0.1) is 0 Å². The second-order valence-electron chi connectivity index (χ2n) is 7.11. The fraction of sp³-hybridized carbons (Fsp3) is 0.304. The third-order valence-corrected chi connectivity index (χ3v) is 4.89. The molecule has 0 aliphatic carbocycles. The van der Waals surface area contributed by atoms with Crippen molar-refractivity contribution in [2.24, 2.45) is 10.9 Å². The number of fused-ring (bicyclic) bond motifs is 1. The van der Waals surface area contributed by atoms with E-state index in [1.54, 1.807) is 13.3 Å². The number of para-hydroxylation sites is 2. The number of benzene rings is 2. The minimum Gasteiger partial charge on any atom is -0.493 e. The van der Waals surface area contributed by atoms with E-state index in [1.165, 1.54) is 0 Å². The number of ether oxygens (including phenoxy) is 2. The standard InChI is InChI=1S/C23H24N2O2/c1-16-19-11-8-12-21(26-4)22(19)27-23(2,3)20(16)13-17(14-24)15-25-18-9-6-5-7-10-18/h5-12,15,17H,13H2,1-4H3. The molecule has 4 nitrogen and oxygen atoms in total. The number of aliphatic imine (C=N–C) groups is 1. The topological polar surface area (TPSA) is 54.6 Å². The maximum absolute atomic E-state index is 9.64. The van der Waals surface area contributed by atoms with Crippen LogP contribution in [-0.2, 0) is 0 Å². The lowest BCUT2D eigenvalue weighted by Crippen LogP contribution is -2.35. The van der Waals surface area contributed by atoms with Gasteiger partial charge < -0.3 is 9.47 Å². The first-order valence-electron chi connectivity index (χ1n) is 9.01. The van der Waals surface area contributed by atoms with Gasteiger partial charge in [0.25, 0.3) is 0 Å². The van der Waals surface area contributed by atoms with Crippen LogP contribution in [0.1, 0.15) is 32.8 Å². The molecule has 1 aliphatic heterocycles. The number of methoxy groups -OCH3 is 1. The molecule has 138 valence electrons. The van der Waals surface area contributed by atoms with Gasteiger partial charge in [-0.3, -0.25) is 4.99 Å². The molecule has 1 heterocycles. The lowest BCUT2D eigenvalue weighted by molar-refractivity contribution is 0.133. The number of hydrogen-bond acceptors (Lipinski definition) is 4. The van der Waals surface area contributed by atoms with Crippen LogP contribution in [0.3, 0.4) is 0 Å². The summed E-state index contributed by atoms with van der Waals surface area (Å²) in [5.74, 6) is 1.16. The highest BCUT2D eigenvalue weighted by atomic mass is 16.5. The third kappa shape index (κ3) is 3.88. The summed E-state index contributed by atoms with van der Waals surface area (Å²) in [5.41, 5.74) is 3.57. The highest BCUT2D eigenvalue weighted by molar-refractivity contribution is 5.78. The zero-order chi connectivity index (χ0) is 19.4. The van der Waals surface area contributed by atoms with Crippen LogP contribution < -0.4 is 9.47 Å². The Morgan fingerprint density at radius 1 is 1.19 bits per heavy atom. The SMILES string of the molecule is COc1cccc2c1OC(C)(C)C(CC(C#N)C=Nc1ccccc1)=C2C. The fourth-order valence-electron chi connectivity index (χ4n) is 3.45.